The van der Waals surface area contributed by atoms with Crippen LogP contribution in [0.4, 0.5) is 5.69 Å². The van der Waals surface area contributed by atoms with Crippen LogP contribution in [-0.4, -0.2) is 24.0 Å². The minimum Gasteiger partial charge on any atom is -0.310 e. The molecule has 0 spiro atoms. The average Bonchev–Trinajstić information content (AvgIpc) is 2.48. The minimum absolute atomic E-state index is 0.693. The van der Waals surface area contributed by atoms with Crippen molar-refractivity contribution in [1.82, 2.24) is 4.90 Å². The summed E-state index contributed by atoms with van der Waals surface area (Å²) in [5.41, 5.74) is 2.90. The fraction of sp³-hybridized carbons (Fsp3) is 0.571. The zero-order chi connectivity index (χ0) is 11.8. The molecule has 2 nitrogen and oxygen atoms in total. The van der Waals surface area contributed by atoms with Gasteiger partial charge in [-0.1, -0.05) is 31.0 Å². The van der Waals surface area contributed by atoms with Crippen LogP contribution >= 0.6 is 22.9 Å². The van der Waals surface area contributed by atoms with Crippen LogP contribution in [0.5, 0.6) is 0 Å². The van der Waals surface area contributed by atoms with Crippen molar-refractivity contribution in [1.29, 1.82) is 0 Å². The van der Waals surface area contributed by atoms with E-state index < -0.39 is 0 Å². The van der Waals surface area contributed by atoms with E-state index in [9.17, 15) is 0 Å². The van der Waals surface area contributed by atoms with Crippen molar-refractivity contribution in [3.8, 4) is 0 Å². The van der Waals surface area contributed by atoms with Crippen molar-refractivity contribution in [2.75, 3.05) is 10.2 Å². The highest BCUT2D eigenvalue weighted by atomic mass is 127. The molecule has 3 rings (SSSR count). The van der Waals surface area contributed by atoms with Crippen LogP contribution < -0.4 is 3.11 Å². The van der Waals surface area contributed by atoms with E-state index in [2.05, 4.69) is 62.2 Å². The Balaban J connectivity index is 2.01. The SMILES string of the molecule is CN1Cc2ccccc2N(I)C2CCCCC21. The zero-order valence-corrected chi connectivity index (χ0v) is 12.4. The molecule has 1 aliphatic carbocycles. The molecule has 1 aliphatic heterocycles. The Kier molecular flexibility index (Phi) is 3.30. The lowest BCUT2D eigenvalue weighted by Gasteiger charge is -2.39. The summed E-state index contributed by atoms with van der Waals surface area (Å²) in [5.74, 6) is 0. The highest BCUT2D eigenvalue weighted by molar-refractivity contribution is 14.1. The lowest BCUT2D eigenvalue weighted by Crippen LogP contribution is -2.47. The van der Waals surface area contributed by atoms with Gasteiger partial charge in [-0.2, -0.15) is 0 Å². The molecule has 1 aromatic rings. The second kappa shape index (κ2) is 4.76. The Hall–Kier alpha value is -0.290. The summed E-state index contributed by atoms with van der Waals surface area (Å²) >= 11 is 2.52. The number of para-hydroxylation sites is 1. The topological polar surface area (TPSA) is 6.48 Å². The number of hydrogen-bond acceptors (Lipinski definition) is 2. The van der Waals surface area contributed by atoms with Gasteiger partial charge in [-0.15, -0.1) is 0 Å². The number of rotatable bonds is 0. The van der Waals surface area contributed by atoms with E-state index in [-0.39, 0.29) is 0 Å². The summed E-state index contributed by atoms with van der Waals surface area (Å²) in [5, 5.41) is 0. The van der Waals surface area contributed by atoms with Crippen molar-refractivity contribution in [2.24, 2.45) is 0 Å². The molecule has 1 aromatic carbocycles. The number of anilines is 1. The van der Waals surface area contributed by atoms with E-state index >= 15 is 0 Å². The largest absolute Gasteiger partial charge is 0.310 e. The van der Waals surface area contributed by atoms with Gasteiger partial charge in [0.1, 0.15) is 0 Å². The highest BCUT2D eigenvalue weighted by Crippen LogP contribution is 2.38. The molecule has 2 unspecified atom stereocenters. The third kappa shape index (κ3) is 2.08. The second-order valence-corrected chi connectivity index (χ2v) is 6.31. The molecule has 17 heavy (non-hydrogen) atoms. The van der Waals surface area contributed by atoms with Crippen molar-refractivity contribution < 1.29 is 0 Å². The molecule has 0 aromatic heterocycles. The highest BCUT2D eigenvalue weighted by Gasteiger charge is 2.35. The maximum absolute atomic E-state index is 2.56. The first-order chi connectivity index (χ1) is 8.27. The predicted molar refractivity (Wildman–Crippen MR) is 80.5 cm³/mol. The zero-order valence-electron chi connectivity index (χ0n) is 10.3. The van der Waals surface area contributed by atoms with Crippen molar-refractivity contribution in [3.63, 3.8) is 0 Å². The molecular weight excluding hydrogens is 323 g/mol. The quantitative estimate of drug-likeness (QED) is 0.525. The summed E-state index contributed by atoms with van der Waals surface area (Å²) < 4.78 is 2.50. The molecule has 3 heteroatoms. The number of benzene rings is 1. The normalized spacial score (nSPS) is 29.4. The lowest BCUT2D eigenvalue weighted by molar-refractivity contribution is 0.172. The molecule has 0 amide bonds. The fourth-order valence-electron chi connectivity index (χ4n) is 3.29. The Labute approximate surface area is 117 Å². The van der Waals surface area contributed by atoms with Gasteiger partial charge in [0.25, 0.3) is 0 Å². The number of halogens is 1. The molecule has 0 saturated heterocycles. The van der Waals surface area contributed by atoms with Crippen LogP contribution in [0.2, 0.25) is 0 Å². The van der Waals surface area contributed by atoms with Crippen LogP contribution in [-0.2, 0) is 6.54 Å². The Morgan fingerprint density at radius 2 is 1.82 bits per heavy atom. The second-order valence-electron chi connectivity index (χ2n) is 5.27. The van der Waals surface area contributed by atoms with E-state index in [4.69, 9.17) is 0 Å². The standard InChI is InChI=1S/C14H19IN2/c1-16-10-11-6-2-3-7-12(11)17(15)14-9-5-4-8-13(14)16/h2-3,6-7,13-14H,4-5,8-10H2,1H3. The molecule has 2 atom stereocenters. The maximum atomic E-state index is 2.56. The number of hydrogen-bond donors (Lipinski definition) is 0. The van der Waals surface area contributed by atoms with E-state index in [0.717, 1.165) is 12.6 Å². The van der Waals surface area contributed by atoms with Crippen molar-refractivity contribution in [2.45, 2.75) is 44.3 Å². The summed E-state index contributed by atoms with van der Waals surface area (Å²) in [6.45, 7) is 1.09. The van der Waals surface area contributed by atoms with Gasteiger partial charge in [-0.25, -0.2) is 0 Å². The molecule has 0 bridgehead atoms. The van der Waals surface area contributed by atoms with Crippen LogP contribution in [0.15, 0.2) is 24.3 Å². The van der Waals surface area contributed by atoms with E-state index in [0.29, 0.717) is 6.04 Å². The number of fused-ring (bicyclic) bond motifs is 2. The van der Waals surface area contributed by atoms with Gasteiger partial charge in [0.15, 0.2) is 0 Å². The smallest absolute Gasteiger partial charge is 0.0594 e. The summed E-state index contributed by atoms with van der Waals surface area (Å²) in [6.07, 6.45) is 5.48. The predicted octanol–water partition coefficient (Wildman–Crippen LogP) is 3.60. The Morgan fingerprint density at radius 3 is 2.65 bits per heavy atom. The Bertz CT molecular complexity index is 407. The Morgan fingerprint density at radius 1 is 1.12 bits per heavy atom. The summed E-state index contributed by atoms with van der Waals surface area (Å²) in [6, 6.07) is 10.3. The molecule has 1 fully saturated rings. The molecule has 92 valence electrons. The van der Waals surface area contributed by atoms with E-state index in [1.54, 1.807) is 0 Å². The van der Waals surface area contributed by atoms with Gasteiger partial charge in [0.05, 0.1) is 34.6 Å². The van der Waals surface area contributed by atoms with Crippen LogP contribution in [0, 0.1) is 0 Å². The van der Waals surface area contributed by atoms with Crippen LogP contribution in [0.1, 0.15) is 31.2 Å². The van der Waals surface area contributed by atoms with Gasteiger partial charge in [0.2, 0.25) is 0 Å². The molecule has 2 aliphatic rings. The van der Waals surface area contributed by atoms with Gasteiger partial charge in [-0.05, 0) is 31.5 Å². The average molecular weight is 342 g/mol. The number of likely N-dealkylation sites (N-methyl/N-ethyl adjacent to an activating group) is 1. The van der Waals surface area contributed by atoms with Gasteiger partial charge >= 0.3 is 0 Å². The first-order valence-corrected chi connectivity index (χ1v) is 7.47. The lowest BCUT2D eigenvalue weighted by atomic mass is 9.89. The third-order valence-electron chi connectivity index (χ3n) is 4.19. The molecule has 0 N–H and O–H groups in total. The van der Waals surface area contributed by atoms with Gasteiger partial charge in [-0.3, -0.25) is 4.90 Å². The van der Waals surface area contributed by atoms with Crippen LogP contribution in [0.3, 0.4) is 0 Å². The maximum Gasteiger partial charge on any atom is 0.0594 e. The number of nitrogens with zero attached hydrogens (tertiary/aromatic N) is 2. The van der Waals surface area contributed by atoms with Crippen LogP contribution in [0.25, 0.3) is 0 Å². The van der Waals surface area contributed by atoms with Crippen molar-refractivity contribution >= 4 is 28.6 Å². The van der Waals surface area contributed by atoms with Gasteiger partial charge in [0, 0.05) is 12.6 Å². The molecule has 1 saturated carbocycles. The first kappa shape index (κ1) is 11.8. The first-order valence-electron chi connectivity index (χ1n) is 6.50. The summed E-state index contributed by atoms with van der Waals surface area (Å²) in [7, 11) is 2.29. The molecule has 1 heterocycles. The van der Waals surface area contributed by atoms with Gasteiger partial charge < -0.3 is 3.11 Å². The van der Waals surface area contributed by atoms with E-state index in [1.807, 2.05) is 0 Å². The fourth-order valence-corrected chi connectivity index (χ4v) is 4.41. The van der Waals surface area contributed by atoms with Crippen molar-refractivity contribution in [3.05, 3.63) is 29.8 Å². The molecule has 0 radical (unpaired) electrons. The summed E-state index contributed by atoms with van der Waals surface area (Å²) in [4.78, 5) is 2.56. The van der Waals surface area contributed by atoms with E-state index in [1.165, 1.54) is 36.9 Å². The monoisotopic (exact) mass is 342 g/mol. The third-order valence-corrected chi connectivity index (χ3v) is 5.43. The molecular formula is C14H19IN2. The minimum atomic E-state index is 0.693.